The molecule has 0 unspecified atom stereocenters. The Labute approximate surface area is 817 Å². The van der Waals surface area contributed by atoms with Crippen molar-refractivity contribution in [3.05, 3.63) is 453 Å². The van der Waals surface area contributed by atoms with E-state index in [2.05, 4.69) is 126 Å². The Balaban J connectivity index is 0.919. The molecule has 0 amide bonds. The van der Waals surface area contributed by atoms with E-state index in [0.29, 0.717) is 67.0 Å². The molecule has 0 saturated heterocycles. The van der Waals surface area contributed by atoms with Crippen molar-refractivity contribution in [2.45, 2.75) is 78.6 Å². The van der Waals surface area contributed by atoms with Crippen LogP contribution in [0, 0.1) is 0 Å². The summed E-state index contributed by atoms with van der Waals surface area (Å²) < 4.78 is 220. The van der Waals surface area contributed by atoms with Gasteiger partial charge in [0.05, 0.1) is 60.9 Å². The average Bonchev–Trinajstić information content (AvgIpc) is 1.29. The molecule has 642 valence electrons. The molecule has 0 atom stereocenters. The van der Waals surface area contributed by atoms with Crippen LogP contribution in [0.1, 0.15) is 106 Å². The highest BCUT2D eigenvalue weighted by Gasteiger charge is 2.47. The fourth-order valence-corrected chi connectivity index (χ4v) is 20.6. The summed E-state index contributed by atoms with van der Waals surface area (Å²) >= 11 is 0. The number of nitrogens with zero attached hydrogens (tertiary/aromatic N) is 4. The Morgan fingerprint density at radius 1 is 0.222 bits per heavy atom. The molecule has 0 saturated carbocycles. The van der Waals surface area contributed by atoms with Crippen LogP contribution < -0.4 is 26.2 Å². The van der Waals surface area contributed by atoms with Gasteiger partial charge in [-0.25, -0.2) is 0 Å². The second-order valence-electron chi connectivity index (χ2n) is 38.6. The zero-order chi connectivity index (χ0) is 108. The molecule has 0 spiro atoms. The van der Waals surface area contributed by atoms with Gasteiger partial charge in [-0.1, -0.05) is 378 Å². The molecule has 0 radical (unpaired) electrons. The van der Waals surface area contributed by atoms with Crippen LogP contribution in [0.3, 0.4) is 0 Å². The van der Waals surface area contributed by atoms with E-state index in [4.69, 9.17) is 0 Å². The van der Waals surface area contributed by atoms with E-state index < -0.39 is 120 Å². The predicted octanol–water partition coefficient (Wildman–Crippen LogP) is 33.8. The van der Waals surface area contributed by atoms with Crippen LogP contribution in [0.5, 0.6) is 0 Å². The standard InChI is InChI=1S/C130H99BN4/c1-128(2,3)94-74-107(84-40-18-12-19-41-84)126(108(75-94)85-42-20-13-21-43-85)134-121-80-97(132-117-58-32-30-56-105(117)111-70-90(60-66-119(111)132)88-48-34-46-86(68-88)82-36-14-10-15-37-82)62-64-115(121)131-116-65-63-98(133-118-59-33-31-57-106(118)112-71-91(61-67-120(112)133)89-49-35-47-87(69-89)83-38-16-11-17-39-83)81-122(116)135(124-79-96(130(7,8)9)78-123(134)125(124)131)127-113(109-72-92-44-22-24-50-99(92)101-52-26-28-54-103(101)109)76-95(129(4,5)6)77-114(127)110-73-93-45-23-25-51-100(93)102-53-27-29-55-104(102)110/h10-81H,1-9H3/i30D,31D,32D,33D,56D,57D,58D,59D,60D,61D,62D,63D,66D,67D,70D,71D,78D,79D,80D,81D. The molecule has 4 heterocycles. The van der Waals surface area contributed by atoms with Crippen LogP contribution in [0.15, 0.2) is 436 Å². The SMILES string of the molecule is [2H]c1cc2c(c([2H])c1-n1c3c([2H])c([2H])c([2H])c([2H])c3c3c([2H])c(-c4cccc(-c5ccccc5)c4)c([2H])c([2H])c31)N(c1c(-c3ccccc3)cc(C(C)(C)C)cc1-c1ccccc1)c1c([2H])c(C(C)(C)C)c([2H])c3c1B2c1cc([2H])c(-n2c4c([2H])c([2H])c([2H])c([2H])c4c4c([2H])c(-c5cccc(-c6ccccc6)c5)c([2H])c([2H])c42)c([2H])c1N3c1c(-c2cc3ccccc3c3ccccc23)cc(C(C)(C)C)cc1-c1cc2ccccc2c2ccccc12. The van der Waals surface area contributed by atoms with Gasteiger partial charge in [-0.2, -0.15) is 0 Å². The van der Waals surface area contributed by atoms with E-state index in [9.17, 15) is 27.4 Å². The number of fused-ring (bicyclic) bond motifs is 16. The molecule has 25 rings (SSSR count). The molecule has 5 heteroatoms. The Morgan fingerprint density at radius 2 is 0.556 bits per heavy atom. The third kappa shape index (κ3) is 13.4. The van der Waals surface area contributed by atoms with Crippen molar-refractivity contribution >= 4 is 144 Å². The quantitative estimate of drug-likeness (QED) is 0.0895. The molecule has 2 aliphatic heterocycles. The number of hydrogen-bond donors (Lipinski definition) is 0. The van der Waals surface area contributed by atoms with Gasteiger partial charge in [-0.15, -0.1) is 0 Å². The molecule has 4 nitrogen and oxygen atoms in total. The van der Waals surface area contributed by atoms with E-state index in [-0.39, 0.29) is 135 Å². The van der Waals surface area contributed by atoms with Crippen molar-refractivity contribution in [3.63, 3.8) is 0 Å². The summed E-state index contributed by atoms with van der Waals surface area (Å²) in [4.78, 5) is 3.86. The van der Waals surface area contributed by atoms with Gasteiger partial charge < -0.3 is 18.9 Å². The lowest BCUT2D eigenvalue weighted by Crippen LogP contribution is -2.61. The van der Waals surface area contributed by atoms with E-state index >= 15 is 0 Å². The predicted molar refractivity (Wildman–Crippen MR) is 579 cm³/mol. The molecule has 0 N–H and O–H groups in total. The first-order valence-electron chi connectivity index (χ1n) is 56.0. The number of aromatic nitrogens is 2. The second kappa shape index (κ2) is 31.3. The van der Waals surface area contributed by atoms with Gasteiger partial charge in [-0.05, 0) is 280 Å². The molecule has 21 aromatic carbocycles. The zero-order valence-electron chi connectivity index (χ0n) is 95.9. The van der Waals surface area contributed by atoms with E-state index in [1.807, 2.05) is 225 Å². The summed E-state index contributed by atoms with van der Waals surface area (Å²) in [6.45, 7) is 17.1. The third-order valence-electron chi connectivity index (χ3n) is 27.3. The highest BCUT2D eigenvalue weighted by molar-refractivity contribution is 7.00. The average molecular weight is 1750 g/mol. The highest BCUT2D eigenvalue weighted by atomic mass is 15.2. The summed E-state index contributed by atoms with van der Waals surface area (Å²) in [6, 6.07) is 91.2. The monoisotopic (exact) mass is 1750 g/mol. The number of anilines is 6. The first-order valence-corrected chi connectivity index (χ1v) is 46.0. The summed E-state index contributed by atoms with van der Waals surface area (Å²) in [7, 11) is 0. The van der Waals surface area contributed by atoms with Gasteiger partial charge >= 0.3 is 0 Å². The molecule has 135 heavy (non-hydrogen) atoms. The van der Waals surface area contributed by atoms with Crippen molar-refractivity contribution in [1.29, 1.82) is 0 Å². The number of rotatable bonds is 12. The second-order valence-corrected chi connectivity index (χ2v) is 38.6. The molecule has 0 fully saturated rings. The first kappa shape index (κ1) is 62.3. The van der Waals surface area contributed by atoms with E-state index in [0.717, 1.165) is 76.5 Å². The van der Waals surface area contributed by atoms with Crippen LogP contribution in [0.2, 0.25) is 0 Å². The molecular weight excluding hydrogens is 1630 g/mol. The minimum absolute atomic E-state index is 0.0313. The molecule has 2 aliphatic rings. The van der Waals surface area contributed by atoms with Crippen molar-refractivity contribution in [3.8, 4) is 100 Å². The summed E-state index contributed by atoms with van der Waals surface area (Å²) in [6.07, 6.45) is 0. The highest BCUT2D eigenvalue weighted by Crippen LogP contribution is 2.58. The number of benzene rings is 21. The van der Waals surface area contributed by atoms with Crippen molar-refractivity contribution in [1.82, 2.24) is 9.13 Å². The maximum Gasteiger partial charge on any atom is 0.252 e. The summed E-state index contributed by atoms with van der Waals surface area (Å²) in [5, 5.41) is 6.16. The van der Waals surface area contributed by atoms with Crippen LogP contribution in [0.25, 0.3) is 187 Å². The van der Waals surface area contributed by atoms with E-state index in [1.54, 1.807) is 36.4 Å². The zero-order valence-corrected chi connectivity index (χ0v) is 75.9. The number of para-hydroxylation sites is 2. The Kier molecular flexibility index (Phi) is 14.4. The maximum atomic E-state index is 12.5. The fourth-order valence-electron chi connectivity index (χ4n) is 20.6. The van der Waals surface area contributed by atoms with Gasteiger partial charge in [0.25, 0.3) is 6.71 Å². The molecule has 0 bridgehead atoms. The van der Waals surface area contributed by atoms with Crippen molar-refractivity contribution in [2.75, 3.05) is 9.80 Å². The minimum Gasteiger partial charge on any atom is -0.310 e. The fraction of sp³-hybridized carbons (Fsp3) is 0.0923. The first-order chi connectivity index (χ1) is 74.2. The Bertz CT molecular complexity index is 9910. The summed E-state index contributed by atoms with van der Waals surface area (Å²) in [5.74, 6) is 0. The maximum absolute atomic E-state index is 12.5. The van der Waals surface area contributed by atoms with Crippen LogP contribution in [0.4, 0.5) is 34.1 Å². The normalized spacial score (nSPS) is 14.8. The van der Waals surface area contributed by atoms with Gasteiger partial charge in [0.1, 0.15) is 0 Å². The van der Waals surface area contributed by atoms with Crippen LogP contribution in [-0.2, 0) is 16.2 Å². The van der Waals surface area contributed by atoms with Crippen LogP contribution in [-0.4, -0.2) is 15.8 Å². The molecule has 23 aromatic rings. The molecule has 2 aromatic heterocycles. The number of hydrogen-bond acceptors (Lipinski definition) is 2. The van der Waals surface area contributed by atoms with Gasteiger partial charge in [-0.3, -0.25) is 0 Å². The minimum atomic E-state index is -1.57. The van der Waals surface area contributed by atoms with Crippen molar-refractivity contribution < 1.29 is 27.4 Å². The molecule has 0 aliphatic carbocycles. The lowest BCUT2D eigenvalue weighted by atomic mass is 9.33. The topological polar surface area (TPSA) is 16.3 Å². The smallest absolute Gasteiger partial charge is 0.252 e. The van der Waals surface area contributed by atoms with E-state index in [1.165, 1.54) is 9.13 Å². The van der Waals surface area contributed by atoms with Gasteiger partial charge in [0, 0.05) is 77.9 Å². The van der Waals surface area contributed by atoms with Crippen LogP contribution >= 0.6 is 0 Å². The Morgan fingerprint density at radius 3 is 0.963 bits per heavy atom. The Hall–Kier alpha value is -16.1. The summed E-state index contributed by atoms with van der Waals surface area (Å²) in [5.41, 5.74) is 7.18. The van der Waals surface area contributed by atoms with Gasteiger partial charge in [0.15, 0.2) is 0 Å². The largest absolute Gasteiger partial charge is 0.310 e. The van der Waals surface area contributed by atoms with Gasteiger partial charge in [0.2, 0.25) is 0 Å². The lowest BCUT2D eigenvalue weighted by Gasteiger charge is -2.47. The van der Waals surface area contributed by atoms with Crippen molar-refractivity contribution in [2.24, 2.45) is 0 Å². The molecular formula is C130H99BN4. The lowest BCUT2D eigenvalue weighted by molar-refractivity contribution is 0.590. The third-order valence-corrected chi connectivity index (χ3v) is 27.3.